The van der Waals surface area contributed by atoms with Crippen LogP contribution in [0.4, 0.5) is 0 Å². The Morgan fingerprint density at radius 1 is 1.14 bits per heavy atom. The van der Waals surface area contributed by atoms with Crippen LogP contribution in [0.3, 0.4) is 0 Å². The summed E-state index contributed by atoms with van der Waals surface area (Å²) in [6, 6.07) is 9.75. The van der Waals surface area contributed by atoms with Gasteiger partial charge < -0.3 is 5.32 Å². The van der Waals surface area contributed by atoms with Crippen LogP contribution >= 0.6 is 0 Å². The number of rotatable bonds is 6. The van der Waals surface area contributed by atoms with Gasteiger partial charge in [-0.25, -0.2) is 0 Å². The Balaban J connectivity index is 1.53. The van der Waals surface area contributed by atoms with E-state index in [1.807, 2.05) is 0 Å². The van der Waals surface area contributed by atoms with Gasteiger partial charge in [-0.1, -0.05) is 56.9 Å². The van der Waals surface area contributed by atoms with Crippen LogP contribution in [0.15, 0.2) is 24.3 Å². The number of hydrogen-bond acceptors (Lipinski definition) is 1. The molecule has 1 saturated carbocycles. The van der Waals surface area contributed by atoms with Crippen molar-refractivity contribution in [2.24, 2.45) is 11.8 Å². The first-order valence-corrected chi connectivity index (χ1v) is 9.06. The molecule has 1 aromatic rings. The molecule has 0 heterocycles. The molecule has 2 unspecified atom stereocenters. The smallest absolute Gasteiger partial charge is 0.00982 e. The number of nitrogens with one attached hydrogen (secondary N) is 1. The zero-order valence-electron chi connectivity index (χ0n) is 13.8. The molecule has 0 saturated heterocycles. The van der Waals surface area contributed by atoms with Crippen LogP contribution in [-0.4, -0.2) is 13.1 Å². The van der Waals surface area contributed by atoms with Crippen molar-refractivity contribution in [3.8, 4) is 0 Å². The van der Waals surface area contributed by atoms with Gasteiger partial charge in [0.25, 0.3) is 0 Å². The van der Waals surface area contributed by atoms with Crippen LogP contribution in [0.2, 0.25) is 0 Å². The van der Waals surface area contributed by atoms with E-state index in [1.165, 1.54) is 51.4 Å². The fraction of sp³-hybridized carbons (Fsp3) is 0.700. The van der Waals surface area contributed by atoms with Gasteiger partial charge in [0.05, 0.1) is 0 Å². The van der Waals surface area contributed by atoms with Crippen molar-refractivity contribution in [1.82, 2.24) is 5.32 Å². The monoisotopic (exact) mass is 285 g/mol. The van der Waals surface area contributed by atoms with Crippen LogP contribution in [0, 0.1) is 11.8 Å². The third-order valence-electron chi connectivity index (χ3n) is 6.03. The Morgan fingerprint density at radius 3 is 2.57 bits per heavy atom. The van der Waals surface area contributed by atoms with E-state index in [1.54, 1.807) is 11.1 Å². The zero-order chi connectivity index (χ0) is 14.7. The summed E-state index contributed by atoms with van der Waals surface area (Å²) < 4.78 is 0. The minimum atomic E-state index is 0.728. The molecule has 0 radical (unpaired) electrons. The molecule has 1 N–H and O–H groups in total. The van der Waals surface area contributed by atoms with Gasteiger partial charge in [0.1, 0.15) is 0 Å². The van der Waals surface area contributed by atoms with E-state index >= 15 is 0 Å². The summed E-state index contributed by atoms with van der Waals surface area (Å²) in [5.74, 6) is 2.75. The standard InChI is InChI=1S/C20H31N/c1-3-6-15-9-11-16(12-10-15)20(21-2)14-18-13-17-7-4-5-8-19(17)18/h4-5,7-8,15-16,18,20-21H,3,6,9-14H2,1-2H3. The first-order chi connectivity index (χ1) is 10.3. The van der Waals surface area contributed by atoms with Gasteiger partial charge in [0.2, 0.25) is 0 Å². The molecule has 2 aliphatic rings. The first kappa shape index (κ1) is 15.1. The predicted octanol–water partition coefficient (Wildman–Crippen LogP) is 4.91. The number of fused-ring (bicyclic) bond motifs is 1. The highest BCUT2D eigenvalue weighted by atomic mass is 14.9. The molecular formula is C20H31N. The fourth-order valence-corrected chi connectivity index (χ4v) is 4.71. The summed E-state index contributed by atoms with van der Waals surface area (Å²) in [7, 11) is 2.17. The minimum absolute atomic E-state index is 0.728. The van der Waals surface area contributed by atoms with Gasteiger partial charge in [-0.3, -0.25) is 0 Å². The molecule has 2 aliphatic carbocycles. The largest absolute Gasteiger partial charge is 0.317 e. The summed E-state index contributed by atoms with van der Waals surface area (Å²) in [5.41, 5.74) is 3.21. The molecule has 116 valence electrons. The quantitative estimate of drug-likeness (QED) is 0.783. The second-order valence-corrected chi connectivity index (χ2v) is 7.30. The molecule has 0 bridgehead atoms. The van der Waals surface area contributed by atoms with Crippen molar-refractivity contribution in [3.05, 3.63) is 35.4 Å². The summed E-state index contributed by atoms with van der Waals surface area (Å²) in [5, 5.41) is 3.65. The predicted molar refractivity (Wildman–Crippen MR) is 90.7 cm³/mol. The molecule has 1 fully saturated rings. The Labute approximate surface area is 130 Å². The van der Waals surface area contributed by atoms with E-state index in [2.05, 4.69) is 43.6 Å². The molecule has 21 heavy (non-hydrogen) atoms. The Morgan fingerprint density at radius 2 is 1.90 bits per heavy atom. The van der Waals surface area contributed by atoms with Gasteiger partial charge >= 0.3 is 0 Å². The highest BCUT2D eigenvalue weighted by Crippen LogP contribution is 2.41. The average molecular weight is 285 g/mol. The Hall–Kier alpha value is -0.820. The Bertz CT molecular complexity index is 445. The van der Waals surface area contributed by atoms with E-state index in [4.69, 9.17) is 0 Å². The highest BCUT2D eigenvalue weighted by molar-refractivity contribution is 5.39. The van der Waals surface area contributed by atoms with Crippen molar-refractivity contribution < 1.29 is 0 Å². The summed E-state index contributed by atoms with van der Waals surface area (Å²) in [6.45, 7) is 2.33. The summed E-state index contributed by atoms with van der Waals surface area (Å²) >= 11 is 0. The maximum Gasteiger partial charge on any atom is 0.00982 e. The average Bonchev–Trinajstić information content (AvgIpc) is 2.50. The van der Waals surface area contributed by atoms with E-state index in [-0.39, 0.29) is 0 Å². The van der Waals surface area contributed by atoms with E-state index in [9.17, 15) is 0 Å². The van der Waals surface area contributed by atoms with Gasteiger partial charge in [-0.2, -0.15) is 0 Å². The molecular weight excluding hydrogens is 254 g/mol. The van der Waals surface area contributed by atoms with Crippen LogP contribution in [-0.2, 0) is 6.42 Å². The molecule has 0 amide bonds. The third-order valence-corrected chi connectivity index (χ3v) is 6.03. The van der Waals surface area contributed by atoms with Crippen LogP contribution in [0.5, 0.6) is 0 Å². The topological polar surface area (TPSA) is 12.0 Å². The molecule has 1 heteroatoms. The lowest BCUT2D eigenvalue weighted by Crippen LogP contribution is -2.38. The van der Waals surface area contributed by atoms with Gasteiger partial charge in [0.15, 0.2) is 0 Å². The lowest BCUT2D eigenvalue weighted by atomic mass is 9.70. The SMILES string of the molecule is CCCC1CCC(C(CC2Cc3ccccc32)NC)CC1. The van der Waals surface area contributed by atoms with Crippen LogP contribution in [0.25, 0.3) is 0 Å². The second-order valence-electron chi connectivity index (χ2n) is 7.30. The number of hydrogen-bond donors (Lipinski definition) is 1. The molecule has 0 aromatic heterocycles. The lowest BCUT2D eigenvalue weighted by Gasteiger charge is -2.38. The lowest BCUT2D eigenvalue weighted by molar-refractivity contribution is 0.204. The molecule has 0 aliphatic heterocycles. The molecule has 1 nitrogen and oxygen atoms in total. The third kappa shape index (κ3) is 3.34. The Kier molecular flexibility index (Phi) is 5.00. The van der Waals surface area contributed by atoms with E-state index in [0.29, 0.717) is 0 Å². The molecule has 0 spiro atoms. The molecule has 3 rings (SSSR count). The van der Waals surface area contributed by atoms with Crippen molar-refractivity contribution in [2.45, 2.75) is 70.3 Å². The van der Waals surface area contributed by atoms with Crippen LogP contribution < -0.4 is 5.32 Å². The normalized spacial score (nSPS) is 29.5. The molecule has 1 aromatic carbocycles. The van der Waals surface area contributed by atoms with Gasteiger partial charge in [0, 0.05) is 6.04 Å². The van der Waals surface area contributed by atoms with Crippen molar-refractivity contribution in [1.29, 1.82) is 0 Å². The zero-order valence-corrected chi connectivity index (χ0v) is 13.8. The van der Waals surface area contributed by atoms with Crippen molar-refractivity contribution in [3.63, 3.8) is 0 Å². The summed E-state index contributed by atoms with van der Waals surface area (Å²) in [6.07, 6.45) is 11.3. The second kappa shape index (κ2) is 6.96. The van der Waals surface area contributed by atoms with Gasteiger partial charge in [-0.05, 0) is 61.6 Å². The minimum Gasteiger partial charge on any atom is -0.317 e. The maximum absolute atomic E-state index is 3.65. The maximum atomic E-state index is 3.65. The van der Waals surface area contributed by atoms with E-state index in [0.717, 1.165) is 23.8 Å². The fourth-order valence-electron chi connectivity index (χ4n) is 4.71. The van der Waals surface area contributed by atoms with Crippen molar-refractivity contribution >= 4 is 0 Å². The van der Waals surface area contributed by atoms with Crippen LogP contribution in [0.1, 0.15) is 68.9 Å². The van der Waals surface area contributed by atoms with Gasteiger partial charge in [-0.15, -0.1) is 0 Å². The first-order valence-electron chi connectivity index (χ1n) is 9.06. The number of benzene rings is 1. The highest BCUT2D eigenvalue weighted by Gasteiger charge is 2.32. The van der Waals surface area contributed by atoms with E-state index < -0.39 is 0 Å². The summed E-state index contributed by atoms with van der Waals surface area (Å²) in [4.78, 5) is 0. The molecule has 2 atom stereocenters. The van der Waals surface area contributed by atoms with Crippen molar-refractivity contribution in [2.75, 3.05) is 7.05 Å².